The Balaban J connectivity index is 2.05. The van der Waals surface area contributed by atoms with Crippen molar-refractivity contribution >= 4 is 11.5 Å². The first kappa shape index (κ1) is 12.6. The first-order valence-electron chi connectivity index (χ1n) is 6.77. The number of hydrogen-bond donors (Lipinski definition) is 2. The lowest BCUT2D eigenvalue weighted by Crippen LogP contribution is -2.19. The Bertz CT molecular complexity index is 673. The molecule has 3 rings (SSSR count). The summed E-state index contributed by atoms with van der Waals surface area (Å²) in [5.74, 6) is 1.90. The molecule has 1 heterocycles. The van der Waals surface area contributed by atoms with Crippen LogP contribution >= 0.6 is 0 Å². The smallest absolute Gasteiger partial charge is 0.258 e. The van der Waals surface area contributed by atoms with Crippen molar-refractivity contribution in [2.75, 3.05) is 5.73 Å². The van der Waals surface area contributed by atoms with Gasteiger partial charge in [-0.1, -0.05) is 13.5 Å². The van der Waals surface area contributed by atoms with Gasteiger partial charge in [-0.05, 0) is 48.9 Å². The zero-order valence-electron chi connectivity index (χ0n) is 11.4. The Hall–Kier alpha value is -2.41. The maximum absolute atomic E-state index is 9.36. The predicted molar refractivity (Wildman–Crippen MR) is 79.2 cm³/mol. The third-order valence-corrected chi connectivity index (χ3v) is 4.10. The summed E-state index contributed by atoms with van der Waals surface area (Å²) in [5, 5.41) is 9.36. The van der Waals surface area contributed by atoms with Gasteiger partial charge in [0.15, 0.2) is 0 Å². The Kier molecular flexibility index (Phi) is 2.90. The number of phenols is 1. The lowest BCUT2D eigenvalue weighted by Gasteiger charge is -2.32. The van der Waals surface area contributed by atoms with Gasteiger partial charge in [0.05, 0.1) is 11.9 Å². The summed E-state index contributed by atoms with van der Waals surface area (Å²) in [7, 11) is 0. The summed E-state index contributed by atoms with van der Waals surface area (Å²) in [4.78, 5) is 3.57. The molecule has 0 saturated heterocycles. The molecule has 4 nitrogen and oxygen atoms in total. The van der Waals surface area contributed by atoms with Crippen molar-refractivity contribution in [1.82, 2.24) is 4.57 Å². The number of nitrogen functional groups attached to an aromatic ring is 1. The number of phenolic OH excluding ortho intramolecular Hbond substituents is 1. The number of aromatic nitrogens is 1. The van der Waals surface area contributed by atoms with Gasteiger partial charge in [0.25, 0.3) is 5.82 Å². The van der Waals surface area contributed by atoms with Crippen molar-refractivity contribution in [2.45, 2.75) is 25.7 Å². The summed E-state index contributed by atoms with van der Waals surface area (Å²) >= 11 is 0. The van der Waals surface area contributed by atoms with Gasteiger partial charge in [-0.2, -0.15) is 0 Å². The van der Waals surface area contributed by atoms with Crippen molar-refractivity contribution in [3.63, 3.8) is 0 Å². The van der Waals surface area contributed by atoms with E-state index in [-0.39, 0.29) is 5.75 Å². The third kappa shape index (κ3) is 1.92. The topological polar surface area (TPSA) is 55.5 Å². The fraction of sp³-hybridized carbons (Fsp3) is 0.312. The summed E-state index contributed by atoms with van der Waals surface area (Å²) in [6.07, 6.45) is 4.26. The Morgan fingerprint density at radius 3 is 2.50 bits per heavy atom. The summed E-state index contributed by atoms with van der Waals surface area (Å²) in [6, 6.07) is 6.81. The van der Waals surface area contributed by atoms with Gasteiger partial charge < -0.3 is 15.7 Å². The SMILES string of the molecule is [C-]#[N+]c1c(N)c(C2CC(C)C2)cn1-c1ccc(O)cc1. The highest BCUT2D eigenvalue weighted by atomic mass is 16.3. The van der Waals surface area contributed by atoms with E-state index in [1.807, 2.05) is 10.8 Å². The standard InChI is InChI=1S/C16H17N3O/c1-10-7-11(8-10)14-9-19(16(18-2)15(14)17)12-3-5-13(20)6-4-12/h3-6,9-11,20H,7-8,17H2,1H3. The van der Waals surface area contributed by atoms with Crippen LogP contribution in [0.3, 0.4) is 0 Å². The zero-order valence-corrected chi connectivity index (χ0v) is 11.4. The van der Waals surface area contributed by atoms with Crippen molar-refractivity contribution < 1.29 is 5.11 Å². The van der Waals surface area contributed by atoms with E-state index in [0.717, 1.165) is 30.0 Å². The lowest BCUT2D eigenvalue weighted by atomic mass is 9.73. The first-order chi connectivity index (χ1) is 9.60. The van der Waals surface area contributed by atoms with Gasteiger partial charge in [-0.3, -0.25) is 4.57 Å². The molecule has 3 N–H and O–H groups in total. The summed E-state index contributed by atoms with van der Waals surface area (Å²) < 4.78 is 1.82. The van der Waals surface area contributed by atoms with Crippen molar-refractivity contribution in [1.29, 1.82) is 0 Å². The predicted octanol–water partition coefficient (Wildman–Crippen LogP) is 3.83. The highest BCUT2D eigenvalue weighted by Crippen LogP contribution is 2.46. The van der Waals surface area contributed by atoms with Gasteiger partial charge in [-0.15, -0.1) is 0 Å². The molecule has 2 aromatic rings. The van der Waals surface area contributed by atoms with E-state index in [2.05, 4.69) is 11.8 Å². The van der Waals surface area contributed by atoms with Gasteiger partial charge in [-0.25, -0.2) is 0 Å². The number of aromatic hydroxyl groups is 1. The normalized spacial score (nSPS) is 21.2. The van der Waals surface area contributed by atoms with Crippen molar-refractivity contribution in [2.24, 2.45) is 5.92 Å². The molecule has 0 aliphatic heterocycles. The van der Waals surface area contributed by atoms with Crippen LogP contribution in [0.25, 0.3) is 10.5 Å². The number of nitrogens with zero attached hydrogens (tertiary/aromatic N) is 2. The minimum absolute atomic E-state index is 0.214. The van der Waals surface area contributed by atoms with Crippen LogP contribution in [0.1, 0.15) is 31.2 Å². The lowest BCUT2D eigenvalue weighted by molar-refractivity contribution is 0.289. The Morgan fingerprint density at radius 2 is 1.95 bits per heavy atom. The monoisotopic (exact) mass is 267 g/mol. The molecule has 0 bridgehead atoms. The maximum Gasteiger partial charge on any atom is 0.258 e. The molecule has 1 fully saturated rings. The first-order valence-corrected chi connectivity index (χ1v) is 6.77. The van der Waals surface area contributed by atoms with E-state index in [4.69, 9.17) is 12.3 Å². The van der Waals surface area contributed by atoms with E-state index < -0.39 is 0 Å². The fourth-order valence-corrected chi connectivity index (χ4v) is 2.93. The largest absolute Gasteiger partial charge is 0.508 e. The maximum atomic E-state index is 9.36. The molecule has 1 aliphatic rings. The molecule has 4 heteroatoms. The molecule has 102 valence electrons. The van der Waals surface area contributed by atoms with Crippen LogP contribution in [-0.4, -0.2) is 9.67 Å². The molecule has 0 radical (unpaired) electrons. The Morgan fingerprint density at radius 1 is 1.30 bits per heavy atom. The van der Waals surface area contributed by atoms with Gasteiger partial charge >= 0.3 is 0 Å². The number of anilines is 1. The molecule has 0 atom stereocenters. The van der Waals surface area contributed by atoms with Gasteiger partial charge in [0.1, 0.15) is 11.4 Å². The van der Waals surface area contributed by atoms with Crippen LogP contribution in [0.2, 0.25) is 0 Å². The number of hydrogen-bond acceptors (Lipinski definition) is 2. The molecule has 0 spiro atoms. The minimum atomic E-state index is 0.214. The van der Waals surface area contributed by atoms with E-state index in [0.29, 0.717) is 17.4 Å². The minimum Gasteiger partial charge on any atom is -0.508 e. The number of benzene rings is 1. The number of nitrogens with two attached hydrogens (primary N) is 1. The molecule has 0 amide bonds. The summed E-state index contributed by atoms with van der Waals surface area (Å²) in [5.41, 5.74) is 8.69. The molecule has 1 aromatic heterocycles. The highest BCUT2D eigenvalue weighted by Gasteiger charge is 2.31. The average Bonchev–Trinajstić information content (AvgIpc) is 2.73. The zero-order chi connectivity index (χ0) is 14.3. The molecule has 1 aliphatic carbocycles. The molecular formula is C16H17N3O. The summed E-state index contributed by atoms with van der Waals surface area (Å²) in [6.45, 7) is 9.60. The molecular weight excluding hydrogens is 250 g/mol. The second-order valence-electron chi connectivity index (χ2n) is 5.59. The highest BCUT2D eigenvalue weighted by molar-refractivity contribution is 5.72. The van der Waals surface area contributed by atoms with E-state index >= 15 is 0 Å². The quantitative estimate of drug-likeness (QED) is 0.812. The van der Waals surface area contributed by atoms with E-state index in [1.54, 1.807) is 24.3 Å². The van der Waals surface area contributed by atoms with Gasteiger partial charge in [0, 0.05) is 5.56 Å². The molecule has 1 saturated carbocycles. The van der Waals surface area contributed by atoms with Crippen LogP contribution in [0.4, 0.5) is 11.5 Å². The Labute approximate surface area is 118 Å². The molecule has 20 heavy (non-hydrogen) atoms. The average molecular weight is 267 g/mol. The van der Waals surface area contributed by atoms with Crippen LogP contribution in [0, 0.1) is 12.5 Å². The second-order valence-corrected chi connectivity index (χ2v) is 5.59. The van der Waals surface area contributed by atoms with Crippen molar-refractivity contribution in [3.8, 4) is 11.4 Å². The van der Waals surface area contributed by atoms with Crippen molar-refractivity contribution in [3.05, 3.63) is 47.4 Å². The third-order valence-electron chi connectivity index (χ3n) is 4.10. The van der Waals surface area contributed by atoms with E-state index in [9.17, 15) is 5.11 Å². The fourth-order valence-electron chi connectivity index (χ4n) is 2.93. The number of rotatable bonds is 2. The molecule has 1 aromatic carbocycles. The van der Waals surface area contributed by atoms with Crippen LogP contribution in [0.5, 0.6) is 5.75 Å². The van der Waals surface area contributed by atoms with E-state index in [1.165, 1.54) is 0 Å². The van der Waals surface area contributed by atoms with Crippen LogP contribution in [-0.2, 0) is 0 Å². The second kappa shape index (κ2) is 4.61. The molecule has 0 unspecified atom stereocenters. The van der Waals surface area contributed by atoms with Crippen LogP contribution < -0.4 is 5.73 Å². The van der Waals surface area contributed by atoms with Gasteiger partial charge in [0.2, 0.25) is 0 Å². The van der Waals surface area contributed by atoms with Crippen LogP contribution in [0.15, 0.2) is 30.5 Å².